The summed E-state index contributed by atoms with van der Waals surface area (Å²) in [5.41, 5.74) is 3.44. The average molecular weight is 256 g/mol. The molecule has 0 amide bonds. The SMILES string of the molecule is CCc1ccc(-c2csc(C(C#N)CC)n2)cc1. The van der Waals surface area contributed by atoms with Gasteiger partial charge in [-0.2, -0.15) is 5.26 Å². The molecule has 0 aliphatic carbocycles. The summed E-state index contributed by atoms with van der Waals surface area (Å²) in [6, 6.07) is 10.8. The van der Waals surface area contributed by atoms with Gasteiger partial charge in [0.1, 0.15) is 5.01 Å². The summed E-state index contributed by atoms with van der Waals surface area (Å²) in [5, 5.41) is 12.0. The van der Waals surface area contributed by atoms with E-state index in [1.807, 2.05) is 12.3 Å². The summed E-state index contributed by atoms with van der Waals surface area (Å²) in [7, 11) is 0. The van der Waals surface area contributed by atoms with Crippen LogP contribution in [0.4, 0.5) is 0 Å². The van der Waals surface area contributed by atoms with Crippen LogP contribution in [0.1, 0.15) is 36.8 Å². The van der Waals surface area contributed by atoms with Crippen molar-refractivity contribution in [2.45, 2.75) is 32.6 Å². The van der Waals surface area contributed by atoms with Crippen LogP contribution >= 0.6 is 11.3 Å². The number of hydrogen-bond acceptors (Lipinski definition) is 3. The van der Waals surface area contributed by atoms with Gasteiger partial charge < -0.3 is 0 Å². The van der Waals surface area contributed by atoms with E-state index in [1.54, 1.807) is 11.3 Å². The highest BCUT2D eigenvalue weighted by Crippen LogP contribution is 2.28. The minimum Gasteiger partial charge on any atom is -0.240 e. The molecule has 1 aromatic carbocycles. The van der Waals surface area contributed by atoms with E-state index in [0.29, 0.717) is 0 Å². The largest absolute Gasteiger partial charge is 0.240 e. The van der Waals surface area contributed by atoms with Crippen molar-refractivity contribution in [1.29, 1.82) is 5.26 Å². The Kier molecular flexibility index (Phi) is 4.11. The Labute approximate surface area is 112 Å². The maximum atomic E-state index is 9.04. The Morgan fingerprint density at radius 2 is 2.00 bits per heavy atom. The van der Waals surface area contributed by atoms with Gasteiger partial charge in [-0.15, -0.1) is 11.3 Å². The van der Waals surface area contributed by atoms with Gasteiger partial charge in [0.25, 0.3) is 0 Å². The first-order chi connectivity index (χ1) is 8.78. The summed E-state index contributed by atoms with van der Waals surface area (Å²) in [4.78, 5) is 4.57. The molecule has 2 nitrogen and oxygen atoms in total. The number of rotatable bonds is 4. The van der Waals surface area contributed by atoms with Crippen molar-refractivity contribution >= 4 is 11.3 Å². The highest BCUT2D eigenvalue weighted by molar-refractivity contribution is 7.10. The average Bonchev–Trinajstić information content (AvgIpc) is 2.90. The zero-order valence-corrected chi connectivity index (χ0v) is 11.5. The van der Waals surface area contributed by atoms with Gasteiger partial charge in [-0.25, -0.2) is 4.98 Å². The summed E-state index contributed by atoms with van der Waals surface area (Å²) >= 11 is 1.58. The Balaban J connectivity index is 2.26. The van der Waals surface area contributed by atoms with Crippen molar-refractivity contribution in [3.63, 3.8) is 0 Å². The lowest BCUT2D eigenvalue weighted by Crippen LogP contribution is -1.92. The number of aromatic nitrogens is 1. The second-order valence-electron chi connectivity index (χ2n) is 4.21. The molecular weight excluding hydrogens is 240 g/mol. The van der Waals surface area contributed by atoms with Crippen LogP contribution in [-0.4, -0.2) is 4.98 Å². The monoisotopic (exact) mass is 256 g/mol. The van der Waals surface area contributed by atoms with Crippen molar-refractivity contribution in [2.24, 2.45) is 0 Å². The number of hydrogen-bond donors (Lipinski definition) is 0. The van der Waals surface area contributed by atoms with E-state index in [4.69, 9.17) is 5.26 Å². The zero-order valence-electron chi connectivity index (χ0n) is 10.7. The molecule has 0 spiro atoms. The molecule has 2 rings (SSSR count). The fourth-order valence-electron chi connectivity index (χ4n) is 1.81. The van der Waals surface area contributed by atoms with Gasteiger partial charge in [-0.05, 0) is 18.4 Å². The van der Waals surface area contributed by atoms with Crippen LogP contribution in [0.25, 0.3) is 11.3 Å². The lowest BCUT2D eigenvalue weighted by Gasteiger charge is -2.01. The quantitative estimate of drug-likeness (QED) is 0.813. The molecule has 92 valence electrons. The molecule has 0 bridgehead atoms. The smallest absolute Gasteiger partial charge is 0.110 e. The van der Waals surface area contributed by atoms with Gasteiger partial charge in [-0.1, -0.05) is 38.1 Å². The molecule has 0 saturated carbocycles. The lowest BCUT2D eigenvalue weighted by atomic mass is 10.1. The predicted molar refractivity (Wildman–Crippen MR) is 75.6 cm³/mol. The van der Waals surface area contributed by atoms with Crippen LogP contribution in [0.2, 0.25) is 0 Å². The standard InChI is InChI=1S/C15H16N2S/c1-3-11-5-7-13(8-6-11)14-10-18-15(17-14)12(4-2)9-16/h5-8,10,12H,3-4H2,1-2H3. The van der Waals surface area contributed by atoms with Gasteiger partial charge in [0.2, 0.25) is 0 Å². The summed E-state index contributed by atoms with van der Waals surface area (Å²) in [5.74, 6) is -0.0707. The normalized spacial score (nSPS) is 12.1. The zero-order chi connectivity index (χ0) is 13.0. The molecule has 0 radical (unpaired) electrons. The van der Waals surface area contributed by atoms with Crippen molar-refractivity contribution in [3.8, 4) is 17.3 Å². The van der Waals surface area contributed by atoms with Crippen LogP contribution < -0.4 is 0 Å². The predicted octanol–water partition coefficient (Wildman–Crippen LogP) is 4.39. The fourth-order valence-corrected chi connectivity index (χ4v) is 2.77. The van der Waals surface area contributed by atoms with Gasteiger partial charge in [0, 0.05) is 10.9 Å². The van der Waals surface area contributed by atoms with Crippen molar-refractivity contribution in [3.05, 3.63) is 40.2 Å². The van der Waals surface area contributed by atoms with E-state index in [-0.39, 0.29) is 5.92 Å². The van der Waals surface area contributed by atoms with E-state index in [1.165, 1.54) is 5.56 Å². The first-order valence-electron chi connectivity index (χ1n) is 6.22. The molecule has 2 aromatic rings. The van der Waals surface area contributed by atoms with Gasteiger partial charge >= 0.3 is 0 Å². The van der Waals surface area contributed by atoms with Crippen LogP contribution in [0, 0.1) is 11.3 Å². The van der Waals surface area contributed by atoms with Gasteiger partial charge in [0.05, 0.1) is 17.7 Å². The molecule has 0 aliphatic rings. The Bertz CT molecular complexity index is 549. The highest BCUT2D eigenvalue weighted by Gasteiger charge is 2.13. The molecule has 3 heteroatoms. The summed E-state index contributed by atoms with van der Waals surface area (Å²) in [6.07, 6.45) is 1.87. The summed E-state index contributed by atoms with van der Waals surface area (Å²) < 4.78 is 0. The first kappa shape index (κ1) is 12.8. The third-order valence-electron chi connectivity index (χ3n) is 3.04. The van der Waals surface area contributed by atoms with Crippen molar-refractivity contribution in [1.82, 2.24) is 4.98 Å². The van der Waals surface area contributed by atoms with E-state index in [2.05, 4.69) is 42.2 Å². The molecule has 0 aliphatic heterocycles. The Morgan fingerprint density at radius 3 is 2.56 bits per heavy atom. The van der Waals surface area contributed by atoms with Crippen LogP contribution in [0.3, 0.4) is 0 Å². The van der Waals surface area contributed by atoms with Crippen molar-refractivity contribution in [2.75, 3.05) is 0 Å². The van der Waals surface area contributed by atoms with E-state index < -0.39 is 0 Å². The van der Waals surface area contributed by atoms with Crippen LogP contribution in [-0.2, 0) is 6.42 Å². The Morgan fingerprint density at radius 1 is 1.28 bits per heavy atom. The topological polar surface area (TPSA) is 36.7 Å². The third-order valence-corrected chi connectivity index (χ3v) is 4.00. The minimum atomic E-state index is -0.0707. The highest BCUT2D eigenvalue weighted by atomic mass is 32.1. The van der Waals surface area contributed by atoms with E-state index in [0.717, 1.165) is 29.1 Å². The number of nitriles is 1. The van der Waals surface area contributed by atoms with E-state index in [9.17, 15) is 0 Å². The molecule has 0 fully saturated rings. The number of thiazole rings is 1. The second-order valence-corrected chi connectivity index (χ2v) is 5.10. The maximum Gasteiger partial charge on any atom is 0.110 e. The second kappa shape index (κ2) is 5.79. The minimum absolute atomic E-state index is 0.0707. The number of aryl methyl sites for hydroxylation is 1. The van der Waals surface area contributed by atoms with Crippen LogP contribution in [0.5, 0.6) is 0 Å². The third kappa shape index (κ3) is 2.60. The molecule has 1 aromatic heterocycles. The number of nitrogens with zero attached hydrogens (tertiary/aromatic N) is 2. The molecule has 1 unspecified atom stereocenters. The number of benzene rings is 1. The van der Waals surface area contributed by atoms with Crippen LogP contribution in [0.15, 0.2) is 29.6 Å². The van der Waals surface area contributed by atoms with Crippen molar-refractivity contribution < 1.29 is 0 Å². The molecule has 1 atom stereocenters. The lowest BCUT2D eigenvalue weighted by molar-refractivity contribution is 0.810. The van der Waals surface area contributed by atoms with Gasteiger partial charge in [0.15, 0.2) is 0 Å². The van der Waals surface area contributed by atoms with Gasteiger partial charge in [-0.3, -0.25) is 0 Å². The summed E-state index contributed by atoms with van der Waals surface area (Å²) in [6.45, 7) is 4.17. The van der Waals surface area contributed by atoms with E-state index >= 15 is 0 Å². The molecular formula is C15H16N2S. The molecule has 18 heavy (non-hydrogen) atoms. The Hall–Kier alpha value is -1.66. The molecule has 0 saturated heterocycles. The fraction of sp³-hybridized carbons (Fsp3) is 0.333. The first-order valence-corrected chi connectivity index (χ1v) is 7.10. The maximum absolute atomic E-state index is 9.04. The molecule has 0 N–H and O–H groups in total. The molecule has 1 heterocycles.